The average molecular weight is 381 g/mol. The molecule has 5 heteroatoms. The lowest BCUT2D eigenvalue weighted by molar-refractivity contribution is 0.171. The molecule has 0 amide bonds. The zero-order valence-electron chi connectivity index (χ0n) is 15.4. The van der Waals surface area contributed by atoms with Gasteiger partial charge in [-0.1, -0.05) is 24.3 Å². The van der Waals surface area contributed by atoms with Crippen molar-refractivity contribution < 1.29 is 9.47 Å². The van der Waals surface area contributed by atoms with Crippen molar-refractivity contribution in [2.45, 2.75) is 6.42 Å². The predicted octanol–water partition coefficient (Wildman–Crippen LogP) is 4.04. The van der Waals surface area contributed by atoms with E-state index in [1.54, 1.807) is 0 Å². The van der Waals surface area contributed by atoms with Crippen molar-refractivity contribution in [2.24, 2.45) is 0 Å². The fourth-order valence-corrected chi connectivity index (χ4v) is 5.02. The summed E-state index contributed by atoms with van der Waals surface area (Å²) in [6, 6.07) is 15.0. The number of piperazine rings is 1. The molecule has 0 bridgehead atoms. The summed E-state index contributed by atoms with van der Waals surface area (Å²) >= 11 is 1.86. The second kappa shape index (κ2) is 7.41. The van der Waals surface area contributed by atoms with Crippen LogP contribution in [-0.4, -0.2) is 50.8 Å². The second-order valence-corrected chi connectivity index (χ2v) is 8.05. The third-order valence-electron chi connectivity index (χ3n) is 5.52. The van der Waals surface area contributed by atoms with Crippen molar-refractivity contribution in [3.63, 3.8) is 0 Å². The highest BCUT2D eigenvalue weighted by molar-refractivity contribution is 7.17. The summed E-state index contributed by atoms with van der Waals surface area (Å²) in [5.74, 6) is 1.80. The second-order valence-electron chi connectivity index (χ2n) is 7.14. The maximum Gasteiger partial charge on any atom is 0.184 e. The standard InChI is InChI=1S/C22H24N2O2S/c1-2-7-21-18(4-1)17(16-27-21)8-9-23-10-12-24(13-11-23)19-5-3-6-20-22(19)26-15-14-25-20/h1-7,16H,8-15H2. The summed E-state index contributed by atoms with van der Waals surface area (Å²) in [7, 11) is 0. The van der Waals surface area contributed by atoms with Crippen LogP contribution in [0.1, 0.15) is 5.56 Å². The number of thiophene rings is 1. The quantitative estimate of drug-likeness (QED) is 0.682. The van der Waals surface area contributed by atoms with Gasteiger partial charge in [0.1, 0.15) is 13.2 Å². The molecule has 3 aromatic rings. The van der Waals surface area contributed by atoms with Crippen molar-refractivity contribution >= 4 is 27.1 Å². The van der Waals surface area contributed by atoms with E-state index in [0.717, 1.165) is 50.6 Å². The van der Waals surface area contributed by atoms with Crippen LogP contribution in [0.4, 0.5) is 5.69 Å². The maximum atomic E-state index is 5.89. The Kier molecular flexibility index (Phi) is 4.64. The highest BCUT2D eigenvalue weighted by atomic mass is 32.1. The monoisotopic (exact) mass is 380 g/mol. The molecule has 1 aromatic heterocycles. The first-order valence-corrected chi connectivity index (χ1v) is 10.6. The van der Waals surface area contributed by atoms with Crippen LogP contribution in [0, 0.1) is 0 Å². The molecule has 0 radical (unpaired) electrons. The molecule has 0 aliphatic carbocycles. The van der Waals surface area contributed by atoms with Crippen LogP contribution in [0.25, 0.3) is 10.1 Å². The Hall–Kier alpha value is -2.24. The first-order chi connectivity index (χ1) is 13.4. The summed E-state index contributed by atoms with van der Waals surface area (Å²) in [4.78, 5) is 5.01. The molecule has 1 fully saturated rings. The lowest BCUT2D eigenvalue weighted by atomic mass is 10.1. The molecule has 0 N–H and O–H groups in total. The normalized spacial score (nSPS) is 17.4. The van der Waals surface area contributed by atoms with E-state index in [1.807, 2.05) is 17.4 Å². The van der Waals surface area contributed by atoms with Gasteiger partial charge in [0, 0.05) is 37.4 Å². The van der Waals surface area contributed by atoms with Gasteiger partial charge >= 0.3 is 0 Å². The minimum absolute atomic E-state index is 0.637. The molecule has 27 heavy (non-hydrogen) atoms. The van der Waals surface area contributed by atoms with Crippen molar-refractivity contribution in [2.75, 3.05) is 50.8 Å². The molecule has 140 valence electrons. The fourth-order valence-electron chi connectivity index (χ4n) is 4.02. The molecule has 4 nitrogen and oxygen atoms in total. The van der Waals surface area contributed by atoms with Gasteiger partial charge in [0.05, 0.1) is 5.69 Å². The van der Waals surface area contributed by atoms with Crippen LogP contribution in [0.2, 0.25) is 0 Å². The highest BCUT2D eigenvalue weighted by Crippen LogP contribution is 2.39. The molecular formula is C22H24N2O2S. The Balaban J connectivity index is 1.21. The lowest BCUT2D eigenvalue weighted by Crippen LogP contribution is -2.47. The number of anilines is 1. The SMILES string of the molecule is c1cc2c(c(N3CCN(CCc4csc5ccccc45)CC3)c1)OCCO2. The summed E-state index contributed by atoms with van der Waals surface area (Å²) in [6.07, 6.45) is 1.13. The third-order valence-corrected chi connectivity index (χ3v) is 6.53. The van der Waals surface area contributed by atoms with Crippen LogP contribution < -0.4 is 14.4 Å². The summed E-state index contributed by atoms with van der Waals surface area (Å²) in [5.41, 5.74) is 2.66. The largest absolute Gasteiger partial charge is 0.486 e. The molecule has 0 saturated carbocycles. The van der Waals surface area contributed by atoms with Gasteiger partial charge in [0.25, 0.3) is 0 Å². The predicted molar refractivity (Wildman–Crippen MR) is 112 cm³/mol. The van der Waals surface area contributed by atoms with Gasteiger partial charge in [-0.25, -0.2) is 0 Å². The van der Waals surface area contributed by atoms with E-state index in [0.29, 0.717) is 13.2 Å². The van der Waals surface area contributed by atoms with Crippen molar-refractivity contribution in [3.05, 3.63) is 53.4 Å². The Morgan fingerprint density at radius 3 is 2.67 bits per heavy atom. The van der Waals surface area contributed by atoms with E-state index in [2.05, 4.69) is 51.6 Å². The van der Waals surface area contributed by atoms with Gasteiger partial charge in [-0.15, -0.1) is 11.3 Å². The highest BCUT2D eigenvalue weighted by Gasteiger charge is 2.23. The number of hydrogen-bond donors (Lipinski definition) is 0. The van der Waals surface area contributed by atoms with Crippen LogP contribution in [0.5, 0.6) is 11.5 Å². The van der Waals surface area contributed by atoms with E-state index in [1.165, 1.54) is 21.3 Å². The smallest absolute Gasteiger partial charge is 0.184 e. The zero-order chi connectivity index (χ0) is 18.1. The van der Waals surface area contributed by atoms with E-state index in [4.69, 9.17) is 9.47 Å². The number of fused-ring (bicyclic) bond motifs is 2. The van der Waals surface area contributed by atoms with Gasteiger partial charge < -0.3 is 14.4 Å². The Bertz CT molecular complexity index is 931. The minimum atomic E-state index is 0.637. The van der Waals surface area contributed by atoms with Crippen LogP contribution >= 0.6 is 11.3 Å². The van der Waals surface area contributed by atoms with E-state index in [-0.39, 0.29) is 0 Å². The van der Waals surface area contributed by atoms with Gasteiger partial charge in [-0.3, -0.25) is 4.90 Å². The fraction of sp³-hybridized carbons (Fsp3) is 0.364. The van der Waals surface area contributed by atoms with E-state index < -0.39 is 0 Å². The molecule has 0 unspecified atom stereocenters. The molecule has 0 atom stereocenters. The number of nitrogens with zero attached hydrogens (tertiary/aromatic N) is 2. The summed E-state index contributed by atoms with van der Waals surface area (Å²) in [5, 5.41) is 3.75. The van der Waals surface area contributed by atoms with Crippen LogP contribution in [0.3, 0.4) is 0 Å². The number of para-hydroxylation sites is 1. The molecule has 0 spiro atoms. The van der Waals surface area contributed by atoms with Gasteiger partial charge in [-0.05, 0) is 40.9 Å². The summed E-state index contributed by atoms with van der Waals surface area (Å²) in [6.45, 7) is 6.65. The number of ether oxygens (including phenoxy) is 2. The number of rotatable bonds is 4. The third kappa shape index (κ3) is 3.37. The first-order valence-electron chi connectivity index (χ1n) is 9.69. The lowest BCUT2D eigenvalue weighted by Gasteiger charge is -2.37. The van der Waals surface area contributed by atoms with Crippen molar-refractivity contribution in [3.8, 4) is 11.5 Å². The Morgan fingerprint density at radius 1 is 0.889 bits per heavy atom. The van der Waals surface area contributed by atoms with Gasteiger partial charge in [-0.2, -0.15) is 0 Å². The van der Waals surface area contributed by atoms with Crippen LogP contribution in [0.15, 0.2) is 47.8 Å². The maximum absolute atomic E-state index is 5.89. The Labute approximate surface area is 163 Å². The van der Waals surface area contributed by atoms with Crippen molar-refractivity contribution in [1.29, 1.82) is 0 Å². The van der Waals surface area contributed by atoms with Gasteiger partial charge in [0.2, 0.25) is 0 Å². The Morgan fingerprint density at radius 2 is 1.74 bits per heavy atom. The van der Waals surface area contributed by atoms with E-state index in [9.17, 15) is 0 Å². The van der Waals surface area contributed by atoms with Crippen LogP contribution in [-0.2, 0) is 6.42 Å². The molecular weight excluding hydrogens is 356 g/mol. The summed E-state index contributed by atoms with van der Waals surface area (Å²) < 4.78 is 13.0. The minimum Gasteiger partial charge on any atom is -0.486 e. The first kappa shape index (κ1) is 16.9. The topological polar surface area (TPSA) is 24.9 Å². The zero-order valence-corrected chi connectivity index (χ0v) is 16.2. The average Bonchev–Trinajstić information content (AvgIpc) is 3.15. The molecule has 2 aliphatic rings. The molecule has 2 aliphatic heterocycles. The molecule has 3 heterocycles. The number of benzene rings is 2. The van der Waals surface area contributed by atoms with E-state index >= 15 is 0 Å². The van der Waals surface area contributed by atoms with Gasteiger partial charge in [0.15, 0.2) is 11.5 Å². The molecule has 2 aromatic carbocycles. The number of hydrogen-bond acceptors (Lipinski definition) is 5. The molecule has 5 rings (SSSR count). The van der Waals surface area contributed by atoms with Crippen molar-refractivity contribution in [1.82, 2.24) is 4.90 Å². The molecule has 1 saturated heterocycles.